The summed E-state index contributed by atoms with van der Waals surface area (Å²) in [4.78, 5) is 25.4. The Morgan fingerprint density at radius 2 is 1.95 bits per heavy atom. The molecule has 6 nitrogen and oxygen atoms in total. The Labute approximate surface area is 120 Å². The van der Waals surface area contributed by atoms with Crippen LogP contribution in [0.25, 0.3) is 0 Å². The number of hydrogen-bond donors (Lipinski definition) is 3. The van der Waals surface area contributed by atoms with Crippen molar-refractivity contribution in [2.45, 2.75) is 57.0 Å². The Morgan fingerprint density at radius 3 is 2.30 bits per heavy atom. The van der Waals surface area contributed by atoms with Crippen molar-refractivity contribution in [2.75, 3.05) is 20.6 Å². The molecule has 0 aromatic heterocycles. The quantitative estimate of drug-likeness (QED) is 0.660. The fourth-order valence-electron chi connectivity index (χ4n) is 2.63. The maximum absolute atomic E-state index is 11.9. The molecule has 0 bridgehead atoms. The summed E-state index contributed by atoms with van der Waals surface area (Å²) in [5.41, 5.74) is -1.18. The Hall–Kier alpha value is -1.30. The number of nitrogens with one attached hydrogen (secondary N) is 2. The highest BCUT2D eigenvalue weighted by Crippen LogP contribution is 2.35. The van der Waals surface area contributed by atoms with E-state index in [0.717, 1.165) is 12.8 Å². The smallest absolute Gasteiger partial charge is 0.329 e. The number of carboxylic acids is 1. The zero-order chi connectivity index (χ0) is 15.4. The Morgan fingerprint density at radius 1 is 1.35 bits per heavy atom. The molecule has 0 radical (unpaired) electrons. The summed E-state index contributed by atoms with van der Waals surface area (Å²) >= 11 is 0. The summed E-state index contributed by atoms with van der Waals surface area (Å²) in [6.45, 7) is 3.99. The van der Waals surface area contributed by atoms with Gasteiger partial charge in [-0.1, -0.05) is 13.3 Å². The number of urea groups is 1. The molecule has 1 rings (SSSR count). The average Bonchev–Trinajstić information content (AvgIpc) is 2.26. The number of nitrogens with zero attached hydrogens (tertiary/aromatic N) is 1. The topological polar surface area (TPSA) is 81.7 Å². The minimum Gasteiger partial charge on any atom is -0.480 e. The number of likely N-dealkylation sites (N-methyl/N-ethyl adjacent to an activating group) is 1. The molecule has 1 aliphatic rings. The molecule has 0 aromatic carbocycles. The highest BCUT2D eigenvalue weighted by molar-refractivity contribution is 5.85. The first-order valence-corrected chi connectivity index (χ1v) is 7.22. The van der Waals surface area contributed by atoms with E-state index in [1.807, 2.05) is 21.0 Å². The fraction of sp³-hybridized carbons (Fsp3) is 0.857. The lowest BCUT2D eigenvalue weighted by atomic mass is 9.75. The number of carbonyl (C=O) groups excluding carboxylic acids is 1. The number of rotatable bonds is 7. The van der Waals surface area contributed by atoms with Gasteiger partial charge in [-0.2, -0.15) is 0 Å². The molecule has 1 fully saturated rings. The minimum absolute atomic E-state index is 0.0295. The molecular weight excluding hydrogens is 258 g/mol. The number of amides is 2. The molecule has 2 amide bonds. The standard InChI is InChI=1S/C14H27N3O3/c1-5-7-13(2,11(18)19)16-12(20)15-10-14(17(3)4)8-6-9-14/h5-10H2,1-4H3,(H,18,19)(H2,15,16,20). The number of hydrogen-bond acceptors (Lipinski definition) is 3. The highest BCUT2D eigenvalue weighted by atomic mass is 16.4. The average molecular weight is 285 g/mol. The van der Waals surface area contributed by atoms with Crippen LogP contribution in [0.15, 0.2) is 0 Å². The first-order chi connectivity index (χ1) is 9.26. The van der Waals surface area contributed by atoms with Gasteiger partial charge in [0, 0.05) is 12.1 Å². The van der Waals surface area contributed by atoms with E-state index >= 15 is 0 Å². The van der Waals surface area contributed by atoms with Gasteiger partial charge < -0.3 is 20.6 Å². The molecule has 1 saturated carbocycles. The monoisotopic (exact) mass is 285 g/mol. The van der Waals surface area contributed by atoms with E-state index in [4.69, 9.17) is 0 Å². The van der Waals surface area contributed by atoms with Gasteiger partial charge in [0.05, 0.1) is 0 Å². The van der Waals surface area contributed by atoms with Gasteiger partial charge >= 0.3 is 12.0 Å². The van der Waals surface area contributed by atoms with Gasteiger partial charge in [0.2, 0.25) is 0 Å². The third-order valence-corrected chi connectivity index (χ3v) is 4.42. The van der Waals surface area contributed by atoms with E-state index in [2.05, 4.69) is 15.5 Å². The van der Waals surface area contributed by atoms with Crippen LogP contribution in [-0.2, 0) is 4.79 Å². The van der Waals surface area contributed by atoms with Crippen LogP contribution in [0.4, 0.5) is 4.79 Å². The van der Waals surface area contributed by atoms with Crippen LogP contribution in [0.1, 0.15) is 46.0 Å². The summed E-state index contributed by atoms with van der Waals surface area (Å²) in [5.74, 6) is -1.000. The second kappa shape index (κ2) is 6.43. The summed E-state index contributed by atoms with van der Waals surface area (Å²) in [6, 6.07) is -0.406. The van der Waals surface area contributed by atoms with E-state index in [9.17, 15) is 14.7 Å². The maximum Gasteiger partial charge on any atom is 0.329 e. The lowest BCUT2D eigenvalue weighted by Gasteiger charge is -2.47. The molecule has 1 atom stereocenters. The van der Waals surface area contributed by atoms with E-state index in [1.54, 1.807) is 6.92 Å². The summed E-state index contributed by atoms with van der Waals surface area (Å²) < 4.78 is 0. The van der Waals surface area contributed by atoms with Crippen molar-refractivity contribution in [3.05, 3.63) is 0 Å². The molecule has 0 aromatic rings. The van der Waals surface area contributed by atoms with Crippen LogP contribution in [0.2, 0.25) is 0 Å². The summed E-state index contributed by atoms with van der Waals surface area (Å²) in [5, 5.41) is 14.6. The van der Waals surface area contributed by atoms with Gasteiger partial charge in [-0.3, -0.25) is 0 Å². The van der Waals surface area contributed by atoms with E-state index in [0.29, 0.717) is 19.4 Å². The van der Waals surface area contributed by atoms with Gasteiger partial charge in [-0.25, -0.2) is 9.59 Å². The molecule has 0 heterocycles. The Bertz CT molecular complexity index is 367. The van der Waals surface area contributed by atoms with Crippen LogP contribution in [-0.4, -0.2) is 53.7 Å². The third kappa shape index (κ3) is 3.62. The molecule has 0 spiro atoms. The predicted octanol–water partition coefficient (Wildman–Crippen LogP) is 1.41. The van der Waals surface area contributed by atoms with E-state index in [-0.39, 0.29) is 5.54 Å². The lowest BCUT2D eigenvalue weighted by Crippen LogP contribution is -2.61. The van der Waals surface area contributed by atoms with Crippen molar-refractivity contribution in [3.8, 4) is 0 Å². The van der Waals surface area contributed by atoms with E-state index < -0.39 is 17.5 Å². The van der Waals surface area contributed by atoms with Gasteiger partial charge in [0.25, 0.3) is 0 Å². The van der Waals surface area contributed by atoms with Crippen molar-refractivity contribution in [2.24, 2.45) is 0 Å². The largest absolute Gasteiger partial charge is 0.480 e. The van der Waals surface area contributed by atoms with Gasteiger partial charge in [0.1, 0.15) is 5.54 Å². The molecule has 1 aliphatic carbocycles. The van der Waals surface area contributed by atoms with Crippen LogP contribution < -0.4 is 10.6 Å². The predicted molar refractivity (Wildman–Crippen MR) is 77.8 cm³/mol. The zero-order valence-electron chi connectivity index (χ0n) is 13.0. The molecule has 0 aliphatic heterocycles. The van der Waals surface area contributed by atoms with Gasteiger partial charge in [-0.15, -0.1) is 0 Å². The highest BCUT2D eigenvalue weighted by Gasteiger charge is 2.40. The lowest BCUT2D eigenvalue weighted by molar-refractivity contribution is -0.144. The van der Waals surface area contributed by atoms with Crippen molar-refractivity contribution >= 4 is 12.0 Å². The fourth-order valence-corrected chi connectivity index (χ4v) is 2.63. The first kappa shape index (κ1) is 16.8. The molecule has 3 N–H and O–H groups in total. The number of carboxylic acid groups (broad SMARTS) is 1. The first-order valence-electron chi connectivity index (χ1n) is 7.22. The molecule has 0 saturated heterocycles. The van der Waals surface area contributed by atoms with Gasteiger partial charge in [-0.05, 0) is 46.7 Å². The minimum atomic E-state index is -1.20. The molecular formula is C14H27N3O3. The van der Waals surface area contributed by atoms with Gasteiger partial charge in [0.15, 0.2) is 0 Å². The number of carbonyl (C=O) groups is 2. The molecule has 116 valence electrons. The maximum atomic E-state index is 11.9. The molecule has 20 heavy (non-hydrogen) atoms. The molecule has 6 heteroatoms. The zero-order valence-corrected chi connectivity index (χ0v) is 13.0. The van der Waals surface area contributed by atoms with Crippen LogP contribution in [0.5, 0.6) is 0 Å². The van der Waals surface area contributed by atoms with Crippen molar-refractivity contribution < 1.29 is 14.7 Å². The summed E-state index contributed by atoms with van der Waals surface area (Å²) in [6.07, 6.45) is 4.40. The SMILES string of the molecule is CCCC(C)(NC(=O)NCC1(N(C)C)CCC1)C(=O)O. The number of aliphatic carboxylic acids is 1. The van der Waals surface area contributed by atoms with Crippen LogP contribution in [0, 0.1) is 0 Å². The van der Waals surface area contributed by atoms with Crippen molar-refractivity contribution in [1.29, 1.82) is 0 Å². The Kier molecular flexibility index (Phi) is 5.39. The summed E-state index contributed by atoms with van der Waals surface area (Å²) in [7, 11) is 4.02. The van der Waals surface area contributed by atoms with Crippen LogP contribution in [0.3, 0.4) is 0 Å². The normalized spacial score (nSPS) is 19.9. The second-order valence-corrected chi connectivity index (χ2v) is 6.17. The third-order valence-electron chi connectivity index (χ3n) is 4.42. The molecule has 1 unspecified atom stereocenters. The van der Waals surface area contributed by atoms with Crippen molar-refractivity contribution in [1.82, 2.24) is 15.5 Å². The Balaban J connectivity index is 2.52. The van der Waals surface area contributed by atoms with Crippen molar-refractivity contribution in [3.63, 3.8) is 0 Å². The van der Waals surface area contributed by atoms with E-state index in [1.165, 1.54) is 6.42 Å². The second-order valence-electron chi connectivity index (χ2n) is 6.17. The van der Waals surface area contributed by atoms with Crippen LogP contribution >= 0.6 is 0 Å².